The lowest BCUT2D eigenvalue weighted by atomic mass is 9.49. The van der Waals surface area contributed by atoms with Gasteiger partial charge in [0.15, 0.2) is 0 Å². The minimum absolute atomic E-state index is 0.0997. The summed E-state index contributed by atoms with van der Waals surface area (Å²) >= 11 is 0. The van der Waals surface area contributed by atoms with Crippen LogP contribution in [0.4, 0.5) is 0 Å². The number of allylic oxidation sites excluding steroid dienone is 3. The second kappa shape index (κ2) is 5.06. The average Bonchev–Trinajstić information content (AvgIpc) is 2.43. The van der Waals surface area contributed by atoms with Gasteiger partial charge in [-0.3, -0.25) is 9.59 Å². The summed E-state index contributed by atoms with van der Waals surface area (Å²) in [4.78, 5) is 25.5. The summed E-state index contributed by atoms with van der Waals surface area (Å²) in [6.45, 7) is 10.4. The molecule has 0 aromatic carbocycles. The fraction of sp³-hybridized carbons (Fsp3) is 0.700. The molecule has 0 bridgehead atoms. The van der Waals surface area contributed by atoms with Gasteiger partial charge in [-0.2, -0.15) is 0 Å². The predicted octanol–water partition coefficient (Wildman–Crippen LogP) is 4.53. The van der Waals surface area contributed by atoms with Gasteiger partial charge in [-0.1, -0.05) is 41.0 Å². The van der Waals surface area contributed by atoms with E-state index in [9.17, 15) is 14.7 Å². The first-order chi connectivity index (χ1) is 10.6. The first kappa shape index (κ1) is 16.5. The molecule has 3 heteroatoms. The van der Waals surface area contributed by atoms with Crippen molar-refractivity contribution in [2.45, 2.75) is 66.7 Å². The molecule has 3 aliphatic carbocycles. The molecule has 0 spiro atoms. The van der Waals surface area contributed by atoms with Crippen molar-refractivity contribution in [3.63, 3.8) is 0 Å². The van der Waals surface area contributed by atoms with Gasteiger partial charge in [-0.05, 0) is 42.9 Å². The quantitative estimate of drug-likeness (QED) is 0.571. The molecule has 2 atom stereocenters. The van der Waals surface area contributed by atoms with Crippen LogP contribution in [-0.2, 0) is 9.59 Å². The summed E-state index contributed by atoms with van der Waals surface area (Å²) in [7, 11) is 0. The highest BCUT2D eigenvalue weighted by Gasteiger charge is 2.55. The van der Waals surface area contributed by atoms with Crippen LogP contribution in [0.1, 0.15) is 66.7 Å². The van der Waals surface area contributed by atoms with Crippen molar-refractivity contribution < 1.29 is 14.7 Å². The molecule has 1 saturated carbocycles. The SMILES string of the molecule is CC(C)C1=C(O)C2=C(C(=O)C1=O)[C@@]1(C)CCCC(C)(C)[C@H]1CC2. The van der Waals surface area contributed by atoms with Crippen LogP contribution in [0.5, 0.6) is 0 Å². The Hall–Kier alpha value is -1.38. The van der Waals surface area contributed by atoms with Gasteiger partial charge in [0.2, 0.25) is 11.6 Å². The molecule has 0 aromatic rings. The van der Waals surface area contributed by atoms with Crippen LogP contribution in [0.25, 0.3) is 0 Å². The average molecular weight is 316 g/mol. The van der Waals surface area contributed by atoms with Gasteiger partial charge in [-0.15, -0.1) is 0 Å². The van der Waals surface area contributed by atoms with E-state index in [1.807, 2.05) is 13.8 Å². The molecule has 0 amide bonds. The summed E-state index contributed by atoms with van der Waals surface area (Å²) in [5.74, 6) is -0.475. The van der Waals surface area contributed by atoms with Gasteiger partial charge in [0, 0.05) is 22.1 Å². The maximum atomic E-state index is 12.9. The van der Waals surface area contributed by atoms with Crippen molar-refractivity contribution in [2.75, 3.05) is 0 Å². The number of ketones is 2. The topological polar surface area (TPSA) is 54.4 Å². The smallest absolute Gasteiger partial charge is 0.233 e. The summed E-state index contributed by atoms with van der Waals surface area (Å²) in [5.41, 5.74) is 1.60. The van der Waals surface area contributed by atoms with E-state index in [-0.39, 0.29) is 28.3 Å². The Balaban J connectivity index is 2.21. The standard InChI is InChI=1S/C20H28O3/c1-11(2)14-16(21)12-7-8-13-19(3,4)9-6-10-20(13,5)15(12)18(23)17(14)22/h11,13,21H,6-10H2,1-5H3/t13-,20+/m1/s1. The zero-order valence-electron chi connectivity index (χ0n) is 15.0. The third kappa shape index (κ3) is 2.15. The van der Waals surface area contributed by atoms with E-state index < -0.39 is 5.78 Å². The molecule has 0 saturated heterocycles. The Morgan fingerprint density at radius 1 is 1.09 bits per heavy atom. The molecule has 0 aromatic heterocycles. The third-order valence-corrected chi connectivity index (χ3v) is 6.58. The monoisotopic (exact) mass is 316 g/mol. The minimum Gasteiger partial charge on any atom is -0.507 e. The molecule has 1 fully saturated rings. The van der Waals surface area contributed by atoms with Gasteiger partial charge in [0.1, 0.15) is 5.76 Å². The predicted molar refractivity (Wildman–Crippen MR) is 90.0 cm³/mol. The van der Waals surface area contributed by atoms with Crippen molar-refractivity contribution in [3.05, 3.63) is 22.5 Å². The molecule has 3 aliphatic rings. The molecule has 0 aliphatic heterocycles. The molecular weight excluding hydrogens is 288 g/mol. The summed E-state index contributed by atoms with van der Waals surface area (Å²) in [6, 6.07) is 0. The van der Waals surface area contributed by atoms with Crippen LogP contribution < -0.4 is 0 Å². The van der Waals surface area contributed by atoms with Gasteiger partial charge >= 0.3 is 0 Å². The number of hydrogen-bond acceptors (Lipinski definition) is 3. The van der Waals surface area contributed by atoms with Crippen molar-refractivity contribution >= 4 is 11.6 Å². The number of fused-ring (bicyclic) bond motifs is 2. The fourth-order valence-corrected chi connectivity index (χ4v) is 5.56. The van der Waals surface area contributed by atoms with Gasteiger partial charge in [0.25, 0.3) is 0 Å². The van der Waals surface area contributed by atoms with E-state index in [1.54, 1.807) is 0 Å². The van der Waals surface area contributed by atoms with E-state index in [1.165, 1.54) is 0 Å². The maximum absolute atomic E-state index is 12.9. The van der Waals surface area contributed by atoms with E-state index in [4.69, 9.17) is 0 Å². The molecular formula is C20H28O3. The fourth-order valence-electron chi connectivity index (χ4n) is 5.56. The van der Waals surface area contributed by atoms with Crippen LogP contribution >= 0.6 is 0 Å². The first-order valence-electron chi connectivity index (χ1n) is 8.87. The van der Waals surface area contributed by atoms with Crippen LogP contribution in [0.2, 0.25) is 0 Å². The number of carbonyl (C=O) groups is 2. The molecule has 23 heavy (non-hydrogen) atoms. The highest BCUT2D eigenvalue weighted by molar-refractivity contribution is 6.50. The van der Waals surface area contributed by atoms with Crippen LogP contribution in [-0.4, -0.2) is 16.7 Å². The molecule has 3 rings (SSSR count). The molecule has 0 unspecified atom stereocenters. The van der Waals surface area contributed by atoms with E-state index >= 15 is 0 Å². The zero-order valence-corrected chi connectivity index (χ0v) is 15.0. The van der Waals surface area contributed by atoms with Crippen molar-refractivity contribution in [2.24, 2.45) is 22.7 Å². The first-order valence-corrected chi connectivity index (χ1v) is 8.87. The Morgan fingerprint density at radius 3 is 2.35 bits per heavy atom. The Bertz CT molecular complexity index is 648. The second-order valence-corrected chi connectivity index (χ2v) is 8.78. The number of carbonyl (C=O) groups excluding carboxylic acids is 2. The van der Waals surface area contributed by atoms with Crippen molar-refractivity contribution in [3.8, 4) is 0 Å². The normalized spacial score (nSPS) is 33.9. The Kier molecular flexibility index (Phi) is 3.62. The van der Waals surface area contributed by atoms with E-state index in [0.29, 0.717) is 23.5 Å². The molecule has 126 valence electrons. The molecule has 0 radical (unpaired) electrons. The lowest BCUT2D eigenvalue weighted by molar-refractivity contribution is -0.134. The third-order valence-electron chi connectivity index (χ3n) is 6.58. The number of aliphatic hydroxyl groups is 1. The van der Waals surface area contributed by atoms with Gasteiger partial charge in [-0.25, -0.2) is 0 Å². The van der Waals surface area contributed by atoms with Crippen LogP contribution in [0, 0.1) is 22.7 Å². The van der Waals surface area contributed by atoms with Gasteiger partial charge in [0.05, 0.1) is 0 Å². The highest BCUT2D eigenvalue weighted by atomic mass is 16.3. The molecule has 3 nitrogen and oxygen atoms in total. The molecule has 0 heterocycles. The van der Waals surface area contributed by atoms with Crippen molar-refractivity contribution in [1.82, 2.24) is 0 Å². The molecule has 1 N–H and O–H groups in total. The van der Waals surface area contributed by atoms with Crippen LogP contribution in [0.3, 0.4) is 0 Å². The Morgan fingerprint density at radius 2 is 1.74 bits per heavy atom. The van der Waals surface area contributed by atoms with Crippen LogP contribution in [0.15, 0.2) is 22.5 Å². The Labute approximate surface area is 138 Å². The van der Waals surface area contributed by atoms with Crippen molar-refractivity contribution in [1.29, 1.82) is 0 Å². The number of Topliss-reactive ketones (excluding diaryl/α,β-unsaturated/α-hetero) is 2. The highest BCUT2D eigenvalue weighted by Crippen LogP contribution is 2.61. The maximum Gasteiger partial charge on any atom is 0.233 e. The minimum atomic E-state index is -0.485. The van der Waals surface area contributed by atoms with E-state index in [2.05, 4.69) is 20.8 Å². The lowest BCUT2D eigenvalue weighted by Crippen LogP contribution is -2.49. The summed E-state index contributed by atoms with van der Waals surface area (Å²) < 4.78 is 0. The number of hydrogen-bond donors (Lipinski definition) is 1. The summed E-state index contributed by atoms with van der Waals surface area (Å²) in [6.07, 6.45) is 4.86. The van der Waals surface area contributed by atoms with E-state index in [0.717, 1.165) is 31.3 Å². The summed E-state index contributed by atoms with van der Waals surface area (Å²) in [5, 5.41) is 10.7. The number of aliphatic hydroxyl groups excluding tert-OH is 1. The van der Waals surface area contributed by atoms with Gasteiger partial charge < -0.3 is 5.11 Å². The second-order valence-electron chi connectivity index (χ2n) is 8.78. The lowest BCUT2D eigenvalue weighted by Gasteiger charge is -2.55. The largest absolute Gasteiger partial charge is 0.507 e. The zero-order chi connectivity index (χ0) is 17.2. The number of rotatable bonds is 1.